The van der Waals surface area contributed by atoms with Crippen molar-refractivity contribution in [3.63, 3.8) is 0 Å². The average Bonchev–Trinajstić information content (AvgIpc) is 2.22. The molecule has 1 rings (SSSR count). The number of aromatic hydroxyl groups is 1. The lowest BCUT2D eigenvalue weighted by atomic mass is 10.0. The molecule has 1 aromatic rings. The number of aryl methyl sites for hydroxylation is 2. The number of ether oxygens (including phenoxy) is 1. The van der Waals surface area contributed by atoms with Crippen molar-refractivity contribution >= 4 is 5.97 Å². The summed E-state index contributed by atoms with van der Waals surface area (Å²) >= 11 is 0. The minimum absolute atomic E-state index is 0.123. The molecule has 0 atom stereocenters. The Morgan fingerprint density at radius 3 is 2.69 bits per heavy atom. The van der Waals surface area contributed by atoms with Crippen LogP contribution in [0.3, 0.4) is 0 Å². The Morgan fingerprint density at radius 2 is 2.12 bits per heavy atom. The number of hydrogen-bond acceptors (Lipinski definition) is 3. The maximum Gasteiger partial charge on any atom is 0.303 e. The molecule has 0 aromatic heterocycles. The fraction of sp³-hybridized carbons (Fsp3) is 0.417. The predicted molar refractivity (Wildman–Crippen MR) is 60.0 cm³/mol. The third kappa shape index (κ3) is 3.15. The fourth-order valence-electron chi connectivity index (χ4n) is 1.53. The molecule has 0 aliphatic carbocycles. The molecule has 1 aromatic carbocycles. The van der Waals surface area contributed by atoms with E-state index in [-0.39, 0.29) is 12.2 Å². The molecule has 0 bridgehead atoms. The Bertz CT molecular complexity index is 385. The zero-order chi connectivity index (χ0) is 12.1. The Morgan fingerprint density at radius 1 is 1.44 bits per heavy atom. The van der Waals surface area contributed by atoms with Crippen LogP contribution in [0.4, 0.5) is 0 Å². The van der Waals surface area contributed by atoms with Crippen molar-refractivity contribution in [2.45, 2.75) is 26.2 Å². The third-order valence-electron chi connectivity index (χ3n) is 2.44. The van der Waals surface area contributed by atoms with Gasteiger partial charge in [0, 0.05) is 6.42 Å². The van der Waals surface area contributed by atoms with Crippen LogP contribution in [-0.2, 0) is 11.2 Å². The van der Waals surface area contributed by atoms with Gasteiger partial charge in [0.1, 0.15) is 11.5 Å². The van der Waals surface area contributed by atoms with Crippen LogP contribution in [0, 0.1) is 6.92 Å². The molecular weight excluding hydrogens is 208 g/mol. The Labute approximate surface area is 94.5 Å². The molecule has 16 heavy (non-hydrogen) atoms. The lowest BCUT2D eigenvalue weighted by Gasteiger charge is -2.10. The van der Waals surface area contributed by atoms with Gasteiger partial charge in [0.05, 0.1) is 7.11 Å². The van der Waals surface area contributed by atoms with Crippen molar-refractivity contribution < 1.29 is 19.7 Å². The first-order valence-corrected chi connectivity index (χ1v) is 5.13. The first-order valence-electron chi connectivity index (χ1n) is 5.13. The van der Waals surface area contributed by atoms with Crippen LogP contribution in [-0.4, -0.2) is 23.3 Å². The van der Waals surface area contributed by atoms with Crippen molar-refractivity contribution in [3.8, 4) is 11.5 Å². The smallest absolute Gasteiger partial charge is 0.303 e. The highest BCUT2D eigenvalue weighted by Crippen LogP contribution is 2.28. The standard InChI is InChI=1S/C12H16O4/c1-8-6-11(16-2)9(7-10(8)13)4-3-5-12(14)15/h6-7,13H,3-5H2,1-2H3,(H,14,15). The second kappa shape index (κ2) is 5.39. The fourth-order valence-corrected chi connectivity index (χ4v) is 1.53. The SMILES string of the molecule is COc1cc(C)c(O)cc1CCCC(=O)O. The van der Waals surface area contributed by atoms with E-state index in [0.717, 1.165) is 11.1 Å². The van der Waals surface area contributed by atoms with Gasteiger partial charge in [0.2, 0.25) is 0 Å². The topological polar surface area (TPSA) is 66.8 Å². The van der Waals surface area contributed by atoms with E-state index >= 15 is 0 Å². The molecule has 0 amide bonds. The summed E-state index contributed by atoms with van der Waals surface area (Å²) in [6.07, 6.45) is 1.25. The van der Waals surface area contributed by atoms with Crippen molar-refractivity contribution in [1.82, 2.24) is 0 Å². The molecule has 0 spiro atoms. The first-order chi connectivity index (χ1) is 7.54. The molecular formula is C12H16O4. The van der Waals surface area contributed by atoms with Gasteiger partial charge in [-0.2, -0.15) is 0 Å². The van der Waals surface area contributed by atoms with Crippen molar-refractivity contribution in [3.05, 3.63) is 23.3 Å². The lowest BCUT2D eigenvalue weighted by Crippen LogP contribution is -1.98. The Kier molecular flexibility index (Phi) is 4.17. The zero-order valence-electron chi connectivity index (χ0n) is 9.49. The van der Waals surface area contributed by atoms with Crippen molar-refractivity contribution in [1.29, 1.82) is 0 Å². The number of hydrogen-bond donors (Lipinski definition) is 2. The number of methoxy groups -OCH3 is 1. The maximum absolute atomic E-state index is 10.4. The summed E-state index contributed by atoms with van der Waals surface area (Å²) in [6.45, 7) is 1.79. The molecule has 88 valence electrons. The van der Waals surface area contributed by atoms with Crippen LogP contribution in [0.25, 0.3) is 0 Å². The predicted octanol–water partition coefficient (Wildman–Crippen LogP) is 2.12. The van der Waals surface area contributed by atoms with E-state index in [1.165, 1.54) is 0 Å². The van der Waals surface area contributed by atoms with Gasteiger partial charge in [-0.25, -0.2) is 0 Å². The van der Waals surface area contributed by atoms with E-state index in [1.54, 1.807) is 26.2 Å². The highest BCUT2D eigenvalue weighted by Gasteiger charge is 2.08. The number of benzene rings is 1. The quantitative estimate of drug-likeness (QED) is 0.803. The van der Waals surface area contributed by atoms with E-state index < -0.39 is 5.97 Å². The summed E-state index contributed by atoms with van der Waals surface area (Å²) in [5, 5.41) is 18.1. The van der Waals surface area contributed by atoms with Crippen molar-refractivity contribution in [2.24, 2.45) is 0 Å². The van der Waals surface area contributed by atoms with Gasteiger partial charge in [-0.1, -0.05) is 0 Å². The summed E-state index contributed by atoms with van der Waals surface area (Å²) in [6, 6.07) is 3.39. The molecule has 0 radical (unpaired) electrons. The Hall–Kier alpha value is -1.71. The van der Waals surface area contributed by atoms with Crippen LogP contribution < -0.4 is 4.74 Å². The van der Waals surface area contributed by atoms with Gasteiger partial charge in [-0.05, 0) is 43.0 Å². The summed E-state index contributed by atoms with van der Waals surface area (Å²) in [5.74, 6) is 0.0992. The van der Waals surface area contributed by atoms with Gasteiger partial charge < -0.3 is 14.9 Å². The zero-order valence-corrected chi connectivity index (χ0v) is 9.49. The van der Waals surface area contributed by atoms with Gasteiger partial charge in [-0.15, -0.1) is 0 Å². The van der Waals surface area contributed by atoms with Crippen LogP contribution in [0.5, 0.6) is 11.5 Å². The highest BCUT2D eigenvalue weighted by molar-refractivity contribution is 5.66. The van der Waals surface area contributed by atoms with Crippen molar-refractivity contribution in [2.75, 3.05) is 7.11 Å². The van der Waals surface area contributed by atoms with Gasteiger partial charge in [0.25, 0.3) is 0 Å². The largest absolute Gasteiger partial charge is 0.508 e. The van der Waals surface area contributed by atoms with E-state index in [0.29, 0.717) is 18.6 Å². The molecule has 0 saturated carbocycles. The van der Waals surface area contributed by atoms with Crippen LogP contribution >= 0.6 is 0 Å². The Balaban J connectivity index is 2.77. The van der Waals surface area contributed by atoms with Crippen LogP contribution in [0.15, 0.2) is 12.1 Å². The normalized spacial score (nSPS) is 10.1. The maximum atomic E-state index is 10.4. The molecule has 0 aliphatic heterocycles. The van der Waals surface area contributed by atoms with Gasteiger partial charge >= 0.3 is 5.97 Å². The number of carbonyl (C=O) groups is 1. The summed E-state index contributed by atoms with van der Waals surface area (Å²) in [4.78, 5) is 10.4. The minimum Gasteiger partial charge on any atom is -0.508 e. The number of phenolic OH excluding ortho intramolecular Hbond substituents is 1. The highest BCUT2D eigenvalue weighted by atomic mass is 16.5. The number of rotatable bonds is 5. The summed E-state index contributed by atoms with van der Waals surface area (Å²) in [7, 11) is 1.56. The number of phenols is 1. The first kappa shape index (κ1) is 12.4. The number of carboxylic acids is 1. The van der Waals surface area contributed by atoms with E-state index in [1.807, 2.05) is 0 Å². The third-order valence-corrected chi connectivity index (χ3v) is 2.44. The molecule has 0 fully saturated rings. The van der Waals surface area contributed by atoms with E-state index in [2.05, 4.69) is 0 Å². The van der Waals surface area contributed by atoms with Crippen LogP contribution in [0.2, 0.25) is 0 Å². The average molecular weight is 224 g/mol. The second-order valence-electron chi connectivity index (χ2n) is 3.70. The summed E-state index contributed by atoms with van der Waals surface area (Å²) < 4.78 is 5.18. The number of carboxylic acid groups (broad SMARTS) is 1. The number of aliphatic carboxylic acids is 1. The molecule has 0 saturated heterocycles. The van der Waals surface area contributed by atoms with Crippen LogP contribution in [0.1, 0.15) is 24.0 Å². The molecule has 2 N–H and O–H groups in total. The lowest BCUT2D eigenvalue weighted by molar-refractivity contribution is -0.137. The molecule has 0 unspecified atom stereocenters. The molecule has 4 nitrogen and oxygen atoms in total. The molecule has 0 aliphatic rings. The minimum atomic E-state index is -0.810. The van der Waals surface area contributed by atoms with Gasteiger partial charge in [0.15, 0.2) is 0 Å². The summed E-state index contributed by atoms with van der Waals surface area (Å²) in [5.41, 5.74) is 1.59. The molecule has 4 heteroatoms. The van der Waals surface area contributed by atoms with Gasteiger partial charge in [-0.3, -0.25) is 4.79 Å². The molecule has 0 heterocycles. The second-order valence-corrected chi connectivity index (χ2v) is 3.70. The monoisotopic (exact) mass is 224 g/mol. The van der Waals surface area contributed by atoms with E-state index in [9.17, 15) is 9.90 Å². The van der Waals surface area contributed by atoms with E-state index in [4.69, 9.17) is 9.84 Å².